The predicted octanol–water partition coefficient (Wildman–Crippen LogP) is 4.58. The number of rotatable bonds is 0. The highest BCUT2D eigenvalue weighted by molar-refractivity contribution is 14.1. The molecule has 62 valence electrons. The van der Waals surface area contributed by atoms with Crippen molar-refractivity contribution >= 4 is 59.9 Å². The molecule has 2 aromatic rings. The first-order valence-corrected chi connectivity index (χ1v) is 6.26. The van der Waals surface area contributed by atoms with Crippen LogP contribution in [0.15, 0.2) is 22.0 Å². The second-order valence-electron chi connectivity index (χ2n) is 2.68. The van der Waals surface area contributed by atoms with Gasteiger partial charge in [0.15, 0.2) is 0 Å². The van der Waals surface area contributed by atoms with Gasteiger partial charge in [-0.05, 0) is 73.9 Å². The largest absolute Gasteiger partial charge is 0.142 e. The van der Waals surface area contributed by atoms with Crippen LogP contribution in [0, 0.1) is 10.5 Å². The van der Waals surface area contributed by atoms with Crippen LogP contribution in [0.5, 0.6) is 0 Å². The molecule has 0 atom stereocenters. The minimum Gasteiger partial charge on any atom is -0.142 e. The molecule has 0 fully saturated rings. The Labute approximate surface area is 97.2 Å². The number of hydrogen-bond donors (Lipinski definition) is 0. The molecule has 2 rings (SSSR count). The molecular weight excluding hydrogens is 347 g/mol. The summed E-state index contributed by atoms with van der Waals surface area (Å²) in [5, 5.41) is 3.57. The lowest BCUT2D eigenvalue weighted by atomic mass is 10.2. The van der Waals surface area contributed by atoms with Gasteiger partial charge in [0.2, 0.25) is 0 Å². The summed E-state index contributed by atoms with van der Waals surface area (Å²) in [5.41, 5.74) is 1.37. The van der Waals surface area contributed by atoms with Gasteiger partial charge < -0.3 is 0 Å². The number of halogens is 2. The molecule has 0 aliphatic rings. The molecule has 0 bridgehead atoms. The Hall–Kier alpha value is 0.390. The molecule has 1 aromatic carbocycles. The molecule has 0 saturated heterocycles. The second-order valence-corrected chi connectivity index (χ2v) is 5.66. The van der Waals surface area contributed by atoms with Gasteiger partial charge in [0, 0.05) is 12.7 Å². The molecule has 0 amide bonds. The first-order chi connectivity index (χ1) is 5.68. The monoisotopic (exact) mass is 352 g/mol. The fourth-order valence-corrected chi connectivity index (χ4v) is 3.92. The quantitative estimate of drug-likeness (QED) is 0.609. The molecule has 0 radical (unpaired) electrons. The normalized spacial score (nSPS) is 10.9. The zero-order valence-electron chi connectivity index (χ0n) is 6.40. The molecule has 0 saturated carbocycles. The Kier molecular flexibility index (Phi) is 2.44. The highest BCUT2D eigenvalue weighted by atomic mass is 127. The molecule has 0 unspecified atom stereocenters. The highest BCUT2D eigenvalue weighted by Crippen LogP contribution is 2.33. The van der Waals surface area contributed by atoms with E-state index in [2.05, 4.69) is 63.0 Å². The van der Waals surface area contributed by atoms with Crippen molar-refractivity contribution in [1.29, 1.82) is 0 Å². The molecule has 1 heterocycles. The fraction of sp³-hybridized carbons (Fsp3) is 0.111. The van der Waals surface area contributed by atoms with Crippen molar-refractivity contribution in [3.63, 3.8) is 0 Å². The van der Waals surface area contributed by atoms with Crippen LogP contribution in [0.2, 0.25) is 0 Å². The summed E-state index contributed by atoms with van der Waals surface area (Å²) in [6, 6.07) is 4.38. The van der Waals surface area contributed by atoms with Crippen LogP contribution < -0.4 is 0 Å². The maximum absolute atomic E-state index is 3.57. The molecule has 3 heteroatoms. The van der Waals surface area contributed by atoms with Gasteiger partial charge >= 0.3 is 0 Å². The second kappa shape index (κ2) is 3.27. The van der Waals surface area contributed by atoms with Gasteiger partial charge in [0.25, 0.3) is 0 Å². The van der Waals surface area contributed by atoms with E-state index >= 15 is 0 Å². The Morgan fingerprint density at radius 1 is 1.42 bits per heavy atom. The third kappa shape index (κ3) is 1.42. The first-order valence-electron chi connectivity index (χ1n) is 3.51. The summed E-state index contributed by atoms with van der Waals surface area (Å²) in [7, 11) is 0. The van der Waals surface area contributed by atoms with E-state index in [1.54, 1.807) is 11.3 Å². The maximum Gasteiger partial charge on any atom is 0.0488 e. The number of benzene rings is 1. The SMILES string of the molecule is Cc1csc2c(Br)cc(I)cc12. The van der Waals surface area contributed by atoms with Crippen molar-refractivity contribution < 1.29 is 0 Å². The van der Waals surface area contributed by atoms with Crippen molar-refractivity contribution in [1.82, 2.24) is 0 Å². The zero-order valence-corrected chi connectivity index (χ0v) is 11.0. The van der Waals surface area contributed by atoms with Crippen molar-refractivity contribution in [2.24, 2.45) is 0 Å². The summed E-state index contributed by atoms with van der Waals surface area (Å²) in [6.45, 7) is 2.15. The smallest absolute Gasteiger partial charge is 0.0488 e. The average Bonchev–Trinajstić information content (AvgIpc) is 2.33. The van der Waals surface area contributed by atoms with Gasteiger partial charge in [0.1, 0.15) is 0 Å². The molecule has 0 aliphatic heterocycles. The Balaban J connectivity index is 2.92. The van der Waals surface area contributed by atoms with E-state index in [-0.39, 0.29) is 0 Å². The lowest BCUT2D eigenvalue weighted by Crippen LogP contribution is -1.73. The summed E-state index contributed by atoms with van der Waals surface area (Å²) in [5.74, 6) is 0. The van der Waals surface area contributed by atoms with Gasteiger partial charge in [-0.3, -0.25) is 0 Å². The van der Waals surface area contributed by atoms with Crippen LogP contribution in [0.4, 0.5) is 0 Å². The number of fused-ring (bicyclic) bond motifs is 1. The highest BCUT2D eigenvalue weighted by Gasteiger charge is 2.04. The maximum atomic E-state index is 3.57. The van der Waals surface area contributed by atoms with E-state index in [0.717, 1.165) is 0 Å². The van der Waals surface area contributed by atoms with Crippen LogP contribution in [-0.4, -0.2) is 0 Å². The molecule has 0 aliphatic carbocycles. The summed E-state index contributed by atoms with van der Waals surface area (Å²) >= 11 is 7.71. The van der Waals surface area contributed by atoms with Gasteiger partial charge in [0.05, 0.1) is 0 Å². The molecule has 0 N–H and O–H groups in total. The van der Waals surface area contributed by atoms with Crippen molar-refractivity contribution in [2.75, 3.05) is 0 Å². The third-order valence-electron chi connectivity index (χ3n) is 1.79. The van der Waals surface area contributed by atoms with E-state index in [0.29, 0.717) is 0 Å². The van der Waals surface area contributed by atoms with Gasteiger partial charge in [-0.15, -0.1) is 11.3 Å². The van der Waals surface area contributed by atoms with Crippen LogP contribution >= 0.6 is 49.9 Å². The van der Waals surface area contributed by atoms with Gasteiger partial charge in [-0.2, -0.15) is 0 Å². The standard InChI is InChI=1S/C9H6BrIS/c1-5-4-12-9-7(5)2-6(11)3-8(9)10/h2-4H,1H3. The van der Waals surface area contributed by atoms with Gasteiger partial charge in [-0.1, -0.05) is 0 Å². The molecule has 0 nitrogen and oxygen atoms in total. The average molecular weight is 353 g/mol. The molecule has 12 heavy (non-hydrogen) atoms. The van der Waals surface area contributed by atoms with Crippen molar-refractivity contribution in [2.45, 2.75) is 6.92 Å². The first kappa shape index (κ1) is 8.97. The van der Waals surface area contributed by atoms with E-state index in [1.807, 2.05) is 0 Å². The fourth-order valence-electron chi connectivity index (χ4n) is 1.18. The minimum absolute atomic E-state index is 1.21. The van der Waals surface area contributed by atoms with E-state index in [1.165, 1.54) is 23.7 Å². The topological polar surface area (TPSA) is 0 Å². The Morgan fingerprint density at radius 3 is 2.92 bits per heavy atom. The summed E-state index contributed by atoms with van der Waals surface area (Å²) in [6.07, 6.45) is 0. The van der Waals surface area contributed by atoms with Gasteiger partial charge in [-0.25, -0.2) is 0 Å². The van der Waals surface area contributed by atoms with Crippen LogP contribution in [0.3, 0.4) is 0 Å². The minimum atomic E-state index is 1.21. The van der Waals surface area contributed by atoms with Crippen molar-refractivity contribution in [3.05, 3.63) is 31.1 Å². The number of aryl methyl sites for hydroxylation is 1. The third-order valence-corrected chi connectivity index (χ3v) is 4.44. The van der Waals surface area contributed by atoms with E-state index < -0.39 is 0 Å². The van der Waals surface area contributed by atoms with E-state index in [9.17, 15) is 0 Å². The summed E-state index contributed by atoms with van der Waals surface area (Å²) in [4.78, 5) is 0. The zero-order chi connectivity index (χ0) is 8.72. The van der Waals surface area contributed by atoms with Crippen LogP contribution in [0.25, 0.3) is 10.1 Å². The van der Waals surface area contributed by atoms with Crippen LogP contribution in [0.1, 0.15) is 5.56 Å². The van der Waals surface area contributed by atoms with Crippen LogP contribution in [-0.2, 0) is 0 Å². The van der Waals surface area contributed by atoms with Crippen molar-refractivity contribution in [3.8, 4) is 0 Å². The molecule has 1 aromatic heterocycles. The lowest BCUT2D eigenvalue weighted by molar-refractivity contribution is 1.58. The molecule has 0 spiro atoms. The molecular formula is C9H6BrIS. The predicted molar refractivity (Wildman–Crippen MR) is 67.0 cm³/mol. The Bertz CT molecular complexity index is 433. The lowest BCUT2D eigenvalue weighted by Gasteiger charge is -1.96. The summed E-state index contributed by atoms with van der Waals surface area (Å²) < 4.78 is 3.85. The number of thiophene rings is 1. The Morgan fingerprint density at radius 2 is 2.17 bits per heavy atom. The number of hydrogen-bond acceptors (Lipinski definition) is 1. The van der Waals surface area contributed by atoms with E-state index in [4.69, 9.17) is 0 Å².